The van der Waals surface area contributed by atoms with Crippen LogP contribution < -0.4 is 18.9 Å². The van der Waals surface area contributed by atoms with Crippen molar-refractivity contribution in [2.75, 3.05) is 13.5 Å². The summed E-state index contributed by atoms with van der Waals surface area (Å²) in [5, 5.41) is 0. The Morgan fingerprint density at radius 1 is 0.623 bits per heavy atom. The number of hydrogen-bond donors (Lipinski definition) is 0. The Balaban J connectivity index is 1.71. The summed E-state index contributed by atoms with van der Waals surface area (Å²) in [6, 6.07) is 22.7. The van der Waals surface area contributed by atoms with Crippen molar-refractivity contribution in [2.45, 2.75) is 40.5 Å². The van der Waals surface area contributed by atoms with Crippen LogP contribution in [0.5, 0.6) is 23.0 Å². The Morgan fingerprint density at radius 2 is 1.15 bits per heavy atom. The molecule has 61 heavy (non-hydrogen) atoms. The molecule has 0 spiro atoms. The number of benzene rings is 4. The first kappa shape index (κ1) is 45.8. The number of esters is 4. The van der Waals surface area contributed by atoms with Gasteiger partial charge in [0, 0.05) is 44.5 Å². The van der Waals surface area contributed by atoms with Crippen molar-refractivity contribution in [3.63, 3.8) is 0 Å². The van der Waals surface area contributed by atoms with E-state index in [0.29, 0.717) is 33.8 Å². The number of hydrogen-bond acceptors (Lipinski definition) is 10. The number of alkyl halides is 1. The fourth-order valence-electron chi connectivity index (χ4n) is 4.91. The normalized spacial score (nSPS) is 10.2. The van der Waals surface area contributed by atoms with Crippen molar-refractivity contribution >= 4 is 23.9 Å². The molecular weight excluding hydrogens is 780 g/mol. The summed E-state index contributed by atoms with van der Waals surface area (Å²) in [4.78, 5) is 49.2. The van der Waals surface area contributed by atoms with Crippen LogP contribution in [-0.2, 0) is 35.1 Å². The first-order valence-electron chi connectivity index (χ1n) is 18.7. The molecule has 0 radical (unpaired) electrons. The Morgan fingerprint density at radius 3 is 1.72 bits per heavy atom. The monoisotopic (exact) mass is 822 g/mol. The molecular formula is C50H43FO10. The van der Waals surface area contributed by atoms with Gasteiger partial charge in [-0.2, -0.15) is 0 Å². The van der Waals surface area contributed by atoms with E-state index in [1.165, 1.54) is 33.1 Å². The van der Waals surface area contributed by atoms with Gasteiger partial charge in [0.2, 0.25) is 6.79 Å². The Labute approximate surface area is 354 Å². The third-order valence-corrected chi connectivity index (χ3v) is 8.15. The molecule has 0 atom stereocenters. The summed E-state index contributed by atoms with van der Waals surface area (Å²) in [5.41, 5.74) is 4.31. The fraction of sp³-hybridized carbons (Fsp3) is 0.160. The van der Waals surface area contributed by atoms with Gasteiger partial charge in [-0.3, -0.25) is 4.39 Å². The standard InChI is InChI=1S/C50H43FO10/c1-32(2)47(52)57-29-28-56-41-24-20-39(21-25-41)38-17-11-36(12-18-38)13-19-40-30-45(60-49(54)34(5)6)44(46(43(40)10-9-27-51)61-50(55)35(7)8)26-16-37-14-22-42(23-15-37)58-31-59-48(53)33(3)4/h11-12,14-15,17-18,20-25,28-30H,1,3,5,7,9-10,27,31H2,2,4,6,8H3/b29-28+. The van der Waals surface area contributed by atoms with Crippen molar-refractivity contribution in [1.29, 1.82) is 0 Å². The van der Waals surface area contributed by atoms with E-state index < -0.39 is 30.6 Å². The quantitative estimate of drug-likeness (QED) is 0.0270. The Kier molecular flexibility index (Phi) is 16.8. The smallest absolute Gasteiger partial charge is 0.338 e. The maximum absolute atomic E-state index is 13.8. The molecule has 0 aliphatic carbocycles. The highest BCUT2D eigenvalue weighted by atomic mass is 19.1. The minimum Gasteiger partial charge on any atom is -0.462 e. The van der Waals surface area contributed by atoms with Crippen molar-refractivity contribution in [2.24, 2.45) is 0 Å². The maximum Gasteiger partial charge on any atom is 0.338 e. The lowest BCUT2D eigenvalue weighted by Crippen LogP contribution is -2.15. The summed E-state index contributed by atoms with van der Waals surface area (Å²) in [6.45, 7) is 19.4. The molecule has 0 bridgehead atoms. The largest absolute Gasteiger partial charge is 0.462 e. The van der Waals surface area contributed by atoms with E-state index in [0.717, 1.165) is 17.4 Å². The van der Waals surface area contributed by atoms with Crippen LogP contribution in [0.3, 0.4) is 0 Å². The van der Waals surface area contributed by atoms with Crippen LogP contribution in [0.2, 0.25) is 0 Å². The van der Waals surface area contributed by atoms with E-state index in [-0.39, 0.29) is 59.0 Å². The zero-order valence-corrected chi connectivity index (χ0v) is 34.3. The van der Waals surface area contributed by atoms with Gasteiger partial charge in [-0.1, -0.05) is 74.3 Å². The summed E-state index contributed by atoms with van der Waals surface area (Å²) >= 11 is 0. The molecule has 0 saturated heterocycles. The van der Waals surface area contributed by atoms with Gasteiger partial charge in [-0.25, -0.2) is 19.2 Å². The molecule has 0 aliphatic rings. The molecule has 0 amide bonds. The highest BCUT2D eigenvalue weighted by Gasteiger charge is 2.24. The van der Waals surface area contributed by atoms with Crippen LogP contribution in [0.25, 0.3) is 11.1 Å². The average Bonchev–Trinajstić information content (AvgIpc) is 3.24. The van der Waals surface area contributed by atoms with Gasteiger partial charge in [0.25, 0.3) is 0 Å². The van der Waals surface area contributed by atoms with Gasteiger partial charge >= 0.3 is 23.9 Å². The minimum absolute atomic E-state index is 0.0404. The van der Waals surface area contributed by atoms with Crippen molar-refractivity contribution in [3.8, 4) is 57.8 Å². The maximum atomic E-state index is 13.8. The number of carbonyl (C=O) groups excluding carboxylic acids is 4. The van der Waals surface area contributed by atoms with Gasteiger partial charge in [0.15, 0.2) is 11.5 Å². The minimum atomic E-state index is -0.781. The zero-order valence-electron chi connectivity index (χ0n) is 34.3. The molecule has 0 N–H and O–H groups in total. The molecule has 0 aromatic heterocycles. The third-order valence-electron chi connectivity index (χ3n) is 8.15. The third kappa shape index (κ3) is 13.9. The predicted molar refractivity (Wildman–Crippen MR) is 229 cm³/mol. The average molecular weight is 823 g/mol. The number of ether oxygens (including phenoxy) is 6. The van der Waals surface area contributed by atoms with Crippen molar-refractivity contribution in [1.82, 2.24) is 0 Å². The SMILES string of the molecule is C=C(C)C(=O)O/C=C/Oc1ccc(-c2ccc(C#Cc3cc(OC(=O)C(=C)C)c(C#Cc4ccc(OCOC(=O)C(=C)C)cc4)c(OC(=O)C(=C)C)c3CCCF)cc2)cc1. The van der Waals surface area contributed by atoms with E-state index >= 15 is 0 Å². The van der Waals surface area contributed by atoms with Gasteiger partial charge in [-0.15, -0.1) is 0 Å². The molecule has 0 aliphatic heterocycles. The van der Waals surface area contributed by atoms with Crippen molar-refractivity contribution in [3.05, 3.63) is 168 Å². The Bertz CT molecular complexity index is 2500. The van der Waals surface area contributed by atoms with Crippen LogP contribution in [0.4, 0.5) is 4.39 Å². The molecule has 4 rings (SSSR count). The molecule has 11 heteroatoms. The molecule has 0 fully saturated rings. The second-order valence-electron chi connectivity index (χ2n) is 13.4. The molecule has 10 nitrogen and oxygen atoms in total. The molecule has 0 heterocycles. The Hall–Kier alpha value is -7.89. The molecule has 0 saturated carbocycles. The second-order valence-corrected chi connectivity index (χ2v) is 13.4. The summed E-state index contributed by atoms with van der Waals surface area (Å²) in [5.74, 6) is 10.3. The second kappa shape index (κ2) is 22.3. The molecule has 0 unspecified atom stereocenters. The number of carbonyl (C=O) groups is 4. The van der Waals surface area contributed by atoms with E-state index in [1.54, 1.807) is 43.3 Å². The van der Waals surface area contributed by atoms with Crippen LogP contribution in [-0.4, -0.2) is 37.3 Å². The highest BCUT2D eigenvalue weighted by molar-refractivity contribution is 5.91. The lowest BCUT2D eigenvalue weighted by atomic mass is 9.96. The van der Waals surface area contributed by atoms with E-state index in [2.05, 4.69) is 50.0 Å². The molecule has 4 aromatic carbocycles. The fourth-order valence-corrected chi connectivity index (χ4v) is 4.91. The van der Waals surface area contributed by atoms with Crippen molar-refractivity contribution < 1.29 is 52.0 Å². The van der Waals surface area contributed by atoms with E-state index in [1.807, 2.05) is 36.4 Å². The lowest BCUT2D eigenvalue weighted by molar-refractivity contribution is -0.145. The van der Waals surface area contributed by atoms with Crippen LogP contribution in [0, 0.1) is 23.7 Å². The van der Waals surface area contributed by atoms with Gasteiger partial charge in [0.05, 0.1) is 6.67 Å². The van der Waals surface area contributed by atoms with Crippen LogP contribution in [0.15, 0.2) is 140 Å². The van der Waals surface area contributed by atoms with Gasteiger partial charge < -0.3 is 28.4 Å². The first-order chi connectivity index (χ1) is 29.2. The summed E-state index contributed by atoms with van der Waals surface area (Å²) in [6.07, 6.45) is 2.54. The van der Waals surface area contributed by atoms with Crippen LogP contribution >= 0.6 is 0 Å². The molecule has 4 aromatic rings. The first-order valence-corrected chi connectivity index (χ1v) is 18.7. The predicted octanol–water partition coefficient (Wildman–Crippen LogP) is 9.44. The number of rotatable bonds is 16. The number of halogens is 1. The van der Waals surface area contributed by atoms with Gasteiger partial charge in [0.1, 0.15) is 29.6 Å². The summed E-state index contributed by atoms with van der Waals surface area (Å²) in [7, 11) is 0. The topological polar surface area (TPSA) is 124 Å². The van der Waals surface area contributed by atoms with E-state index in [9.17, 15) is 23.6 Å². The summed E-state index contributed by atoms with van der Waals surface area (Å²) < 4.78 is 46.2. The van der Waals surface area contributed by atoms with E-state index in [4.69, 9.17) is 28.4 Å². The zero-order chi connectivity index (χ0) is 44.5. The van der Waals surface area contributed by atoms with Crippen LogP contribution in [0.1, 0.15) is 61.9 Å². The lowest BCUT2D eigenvalue weighted by Gasteiger charge is -2.17. The highest BCUT2D eigenvalue weighted by Crippen LogP contribution is 2.37. The van der Waals surface area contributed by atoms with Gasteiger partial charge in [-0.05, 0) is 106 Å². The molecule has 310 valence electrons.